The van der Waals surface area contributed by atoms with E-state index in [1.54, 1.807) is 0 Å². The van der Waals surface area contributed by atoms with Crippen LogP contribution in [-0.2, 0) is 18.4 Å². The maximum Gasteiger partial charge on any atom is 0.307 e. The third kappa shape index (κ3) is 2.90. The van der Waals surface area contributed by atoms with Gasteiger partial charge in [0.25, 0.3) is 0 Å². The molecule has 1 aromatic carbocycles. The maximum atomic E-state index is 11.0. The van der Waals surface area contributed by atoms with Gasteiger partial charge in [-0.25, -0.2) is 0 Å². The van der Waals surface area contributed by atoms with E-state index in [0.717, 1.165) is 24.2 Å². The Hall–Kier alpha value is -2.30. The number of aryl methyl sites for hydroxylation is 1. The number of benzene rings is 1. The van der Waals surface area contributed by atoms with Gasteiger partial charge in [0.15, 0.2) is 0 Å². The number of anilines is 1. The van der Waals surface area contributed by atoms with Gasteiger partial charge >= 0.3 is 5.97 Å². The standard InChI is InChI=1S/C19H23N3O2/c1-22-11-14(18(21-22)13-3-2-4-13)10-20-15-7-5-12(6-8-15)16-9-17(16)19(23)24/h5-8,11,13,16-17,20H,2-4,9-10H2,1H3,(H,23,24)/t16-,17+/m0/s1. The van der Waals surface area contributed by atoms with E-state index in [1.807, 2.05) is 36.0 Å². The van der Waals surface area contributed by atoms with Gasteiger partial charge in [-0.2, -0.15) is 5.10 Å². The van der Waals surface area contributed by atoms with Crippen LogP contribution in [0.5, 0.6) is 0 Å². The second-order valence-electron chi connectivity index (χ2n) is 7.10. The molecule has 0 spiro atoms. The van der Waals surface area contributed by atoms with E-state index in [9.17, 15) is 4.79 Å². The van der Waals surface area contributed by atoms with Gasteiger partial charge in [-0.05, 0) is 42.9 Å². The number of hydrogen-bond donors (Lipinski definition) is 2. The quantitative estimate of drug-likeness (QED) is 0.853. The van der Waals surface area contributed by atoms with E-state index >= 15 is 0 Å². The molecule has 2 N–H and O–H groups in total. The van der Waals surface area contributed by atoms with Crippen LogP contribution in [0.25, 0.3) is 0 Å². The minimum atomic E-state index is -0.678. The number of aliphatic carboxylic acids is 1. The van der Waals surface area contributed by atoms with Crippen LogP contribution in [0.3, 0.4) is 0 Å². The molecule has 5 nitrogen and oxygen atoms in total. The zero-order chi connectivity index (χ0) is 16.7. The molecule has 0 saturated heterocycles. The number of hydrogen-bond acceptors (Lipinski definition) is 3. The fourth-order valence-electron chi connectivity index (χ4n) is 3.60. The van der Waals surface area contributed by atoms with E-state index in [-0.39, 0.29) is 11.8 Å². The Bertz CT molecular complexity index is 746. The highest BCUT2D eigenvalue weighted by Crippen LogP contribution is 2.47. The van der Waals surface area contributed by atoms with Gasteiger partial charge in [0.05, 0.1) is 11.6 Å². The predicted molar refractivity (Wildman–Crippen MR) is 92.1 cm³/mol. The zero-order valence-electron chi connectivity index (χ0n) is 13.9. The summed E-state index contributed by atoms with van der Waals surface area (Å²) >= 11 is 0. The first-order chi connectivity index (χ1) is 11.6. The number of aromatic nitrogens is 2. The van der Waals surface area contributed by atoms with Crippen molar-refractivity contribution in [2.45, 2.75) is 44.1 Å². The molecule has 0 aliphatic heterocycles. The Labute approximate surface area is 141 Å². The van der Waals surface area contributed by atoms with Gasteiger partial charge < -0.3 is 10.4 Å². The third-order valence-corrected chi connectivity index (χ3v) is 5.36. The van der Waals surface area contributed by atoms with E-state index in [4.69, 9.17) is 5.11 Å². The molecule has 0 amide bonds. The van der Waals surface area contributed by atoms with E-state index < -0.39 is 5.97 Å². The minimum Gasteiger partial charge on any atom is -0.481 e. The summed E-state index contributed by atoms with van der Waals surface area (Å²) in [7, 11) is 1.98. The summed E-state index contributed by atoms with van der Waals surface area (Å²) in [6.45, 7) is 0.778. The summed E-state index contributed by atoms with van der Waals surface area (Å²) in [6.07, 6.45) is 6.70. The van der Waals surface area contributed by atoms with Crippen molar-refractivity contribution in [2.75, 3.05) is 5.32 Å². The molecule has 2 aliphatic carbocycles. The van der Waals surface area contributed by atoms with Crippen molar-refractivity contribution in [3.05, 3.63) is 47.3 Å². The molecule has 1 heterocycles. The van der Waals surface area contributed by atoms with E-state index in [1.165, 1.54) is 30.5 Å². The molecule has 2 saturated carbocycles. The van der Waals surface area contributed by atoms with Crippen molar-refractivity contribution >= 4 is 11.7 Å². The van der Waals surface area contributed by atoms with Crippen molar-refractivity contribution in [1.82, 2.24) is 9.78 Å². The molecule has 126 valence electrons. The number of nitrogens with zero attached hydrogens (tertiary/aromatic N) is 2. The van der Waals surface area contributed by atoms with Crippen LogP contribution in [0, 0.1) is 5.92 Å². The molecule has 2 atom stereocenters. The highest BCUT2D eigenvalue weighted by atomic mass is 16.4. The summed E-state index contributed by atoms with van der Waals surface area (Å²) in [5, 5.41) is 17.1. The summed E-state index contributed by atoms with van der Waals surface area (Å²) < 4.78 is 1.91. The van der Waals surface area contributed by atoms with Crippen molar-refractivity contribution in [2.24, 2.45) is 13.0 Å². The summed E-state index contributed by atoms with van der Waals surface area (Å²) in [5.41, 5.74) is 4.72. The van der Waals surface area contributed by atoms with Gasteiger partial charge in [-0.1, -0.05) is 18.6 Å². The second-order valence-corrected chi connectivity index (χ2v) is 7.10. The molecule has 2 aliphatic rings. The smallest absolute Gasteiger partial charge is 0.307 e. The average Bonchev–Trinajstić information content (AvgIpc) is 3.23. The molecule has 5 heteroatoms. The summed E-state index contributed by atoms with van der Waals surface area (Å²) in [6, 6.07) is 8.19. The molecule has 2 fully saturated rings. The second kappa shape index (κ2) is 5.96. The SMILES string of the molecule is Cn1cc(CNc2ccc([C@@H]3C[C@H]3C(=O)O)cc2)c(C2CCC2)n1. The van der Waals surface area contributed by atoms with Gasteiger partial charge in [-0.15, -0.1) is 0 Å². The van der Waals surface area contributed by atoms with E-state index in [0.29, 0.717) is 5.92 Å². The Morgan fingerprint density at radius 2 is 2.08 bits per heavy atom. The highest BCUT2D eigenvalue weighted by Gasteiger charge is 2.43. The highest BCUT2D eigenvalue weighted by molar-refractivity contribution is 5.75. The van der Waals surface area contributed by atoms with Crippen molar-refractivity contribution in [3.8, 4) is 0 Å². The van der Waals surface area contributed by atoms with Crippen LogP contribution < -0.4 is 5.32 Å². The summed E-state index contributed by atoms with van der Waals surface area (Å²) in [4.78, 5) is 11.0. The molecular weight excluding hydrogens is 302 g/mol. The zero-order valence-corrected chi connectivity index (χ0v) is 13.9. The van der Waals surface area contributed by atoms with Gasteiger partial charge in [0, 0.05) is 37.0 Å². The number of nitrogens with one attached hydrogen (secondary N) is 1. The lowest BCUT2D eigenvalue weighted by Gasteiger charge is -2.24. The Balaban J connectivity index is 1.39. The number of rotatable bonds is 6. The Morgan fingerprint density at radius 1 is 1.33 bits per heavy atom. The largest absolute Gasteiger partial charge is 0.481 e. The Morgan fingerprint density at radius 3 is 2.67 bits per heavy atom. The van der Waals surface area contributed by atoms with Crippen LogP contribution in [-0.4, -0.2) is 20.9 Å². The fraction of sp³-hybridized carbons (Fsp3) is 0.474. The minimum absolute atomic E-state index is 0.191. The molecule has 0 bridgehead atoms. The average molecular weight is 325 g/mol. The number of carbonyl (C=O) groups is 1. The third-order valence-electron chi connectivity index (χ3n) is 5.36. The lowest BCUT2D eigenvalue weighted by atomic mass is 9.81. The van der Waals surface area contributed by atoms with Crippen molar-refractivity contribution in [3.63, 3.8) is 0 Å². The fourth-order valence-corrected chi connectivity index (χ4v) is 3.60. The van der Waals surface area contributed by atoms with Crippen LogP contribution in [0.2, 0.25) is 0 Å². The molecule has 1 aromatic heterocycles. The Kier molecular flexibility index (Phi) is 3.79. The van der Waals surface area contributed by atoms with Crippen molar-refractivity contribution < 1.29 is 9.90 Å². The van der Waals surface area contributed by atoms with Crippen LogP contribution in [0.1, 0.15) is 54.3 Å². The molecule has 24 heavy (non-hydrogen) atoms. The van der Waals surface area contributed by atoms with Gasteiger partial charge in [-0.3, -0.25) is 9.48 Å². The van der Waals surface area contributed by atoms with Crippen LogP contribution in [0.15, 0.2) is 30.5 Å². The molecular formula is C19H23N3O2. The molecule has 4 rings (SSSR count). The van der Waals surface area contributed by atoms with Crippen molar-refractivity contribution in [1.29, 1.82) is 0 Å². The lowest BCUT2D eigenvalue weighted by molar-refractivity contribution is -0.138. The predicted octanol–water partition coefficient (Wildman–Crippen LogP) is 3.49. The number of carboxylic acids is 1. The summed E-state index contributed by atoms with van der Waals surface area (Å²) in [5.74, 6) is -0.0418. The topological polar surface area (TPSA) is 67.2 Å². The van der Waals surface area contributed by atoms with Crippen LogP contribution >= 0.6 is 0 Å². The molecule has 0 unspecified atom stereocenters. The first kappa shape index (κ1) is 15.2. The molecule has 0 radical (unpaired) electrons. The molecule has 2 aromatic rings. The maximum absolute atomic E-state index is 11.0. The lowest BCUT2D eigenvalue weighted by Crippen LogP contribution is -2.12. The monoisotopic (exact) mass is 325 g/mol. The first-order valence-electron chi connectivity index (χ1n) is 8.71. The number of carboxylic acid groups (broad SMARTS) is 1. The first-order valence-corrected chi connectivity index (χ1v) is 8.71. The van der Waals surface area contributed by atoms with Gasteiger partial charge in [0.1, 0.15) is 0 Å². The van der Waals surface area contributed by atoms with Crippen LogP contribution in [0.4, 0.5) is 5.69 Å². The van der Waals surface area contributed by atoms with E-state index in [2.05, 4.69) is 16.6 Å². The normalized spacial score (nSPS) is 22.9. The van der Waals surface area contributed by atoms with Gasteiger partial charge in [0.2, 0.25) is 0 Å².